The zero-order valence-electron chi connectivity index (χ0n) is 15.1. The molecule has 0 aliphatic carbocycles. The molecule has 3 aromatic rings. The molecule has 0 amide bonds. The lowest BCUT2D eigenvalue weighted by atomic mass is 9.96. The van der Waals surface area contributed by atoms with Gasteiger partial charge in [-0.15, -0.1) is 21.5 Å². The minimum Gasteiger partial charge on any atom is -0.294 e. The summed E-state index contributed by atoms with van der Waals surface area (Å²) in [5.74, 6) is 0. The molecule has 5 heteroatoms. The average Bonchev–Trinajstić information content (AvgIpc) is 3.10. The molecule has 0 unspecified atom stereocenters. The molecule has 0 atom stereocenters. The van der Waals surface area contributed by atoms with Gasteiger partial charge in [-0.25, -0.2) is 0 Å². The Morgan fingerprint density at radius 2 is 1.42 bits per heavy atom. The van der Waals surface area contributed by atoms with Crippen molar-refractivity contribution in [2.45, 2.75) is 19.5 Å². The quantitative estimate of drug-likeness (QED) is 0.690. The summed E-state index contributed by atoms with van der Waals surface area (Å²) in [6.45, 7) is 7.19. The highest BCUT2D eigenvalue weighted by Crippen LogP contribution is 2.29. The highest BCUT2D eigenvalue weighted by atomic mass is 32.1. The lowest BCUT2D eigenvalue weighted by molar-refractivity contribution is 0.104. The molecule has 1 saturated heterocycles. The Kier molecular flexibility index (Phi) is 5.39. The molecule has 134 valence electrons. The van der Waals surface area contributed by atoms with Gasteiger partial charge in [0.25, 0.3) is 0 Å². The van der Waals surface area contributed by atoms with Gasteiger partial charge in [0.2, 0.25) is 0 Å². The number of nitrogens with zero attached hydrogens (tertiary/aromatic N) is 4. The van der Waals surface area contributed by atoms with E-state index >= 15 is 0 Å². The minimum atomic E-state index is 0.323. The largest absolute Gasteiger partial charge is 0.294 e. The van der Waals surface area contributed by atoms with Crippen LogP contribution in [0.1, 0.15) is 27.2 Å². The number of benzene rings is 2. The number of aryl methyl sites for hydroxylation is 1. The first-order valence-corrected chi connectivity index (χ1v) is 9.96. The van der Waals surface area contributed by atoms with Gasteiger partial charge >= 0.3 is 0 Å². The fourth-order valence-corrected chi connectivity index (χ4v) is 4.41. The smallest absolute Gasteiger partial charge is 0.131 e. The first kappa shape index (κ1) is 17.3. The van der Waals surface area contributed by atoms with E-state index in [1.54, 1.807) is 11.3 Å². The molecule has 0 bridgehead atoms. The average molecular weight is 365 g/mol. The van der Waals surface area contributed by atoms with Crippen molar-refractivity contribution in [2.24, 2.45) is 0 Å². The zero-order chi connectivity index (χ0) is 17.8. The predicted molar refractivity (Wildman–Crippen MR) is 106 cm³/mol. The summed E-state index contributed by atoms with van der Waals surface area (Å²) >= 11 is 1.70. The first-order chi connectivity index (χ1) is 12.8. The lowest BCUT2D eigenvalue weighted by Gasteiger charge is -2.39. The zero-order valence-corrected chi connectivity index (χ0v) is 15.9. The number of rotatable bonds is 5. The molecule has 1 aromatic heterocycles. The number of hydrogen-bond acceptors (Lipinski definition) is 5. The molecule has 1 aliphatic rings. The third-order valence-electron chi connectivity index (χ3n) is 4.93. The number of aromatic nitrogens is 2. The van der Waals surface area contributed by atoms with E-state index in [2.05, 4.69) is 80.7 Å². The Hall–Kier alpha value is -2.08. The van der Waals surface area contributed by atoms with Gasteiger partial charge in [0, 0.05) is 26.2 Å². The molecule has 0 saturated carbocycles. The van der Waals surface area contributed by atoms with Crippen LogP contribution in [0.2, 0.25) is 0 Å². The Morgan fingerprint density at radius 1 is 0.846 bits per heavy atom. The summed E-state index contributed by atoms with van der Waals surface area (Å²) in [7, 11) is 0. The topological polar surface area (TPSA) is 32.3 Å². The summed E-state index contributed by atoms with van der Waals surface area (Å²) in [5.41, 5.74) is 2.73. The summed E-state index contributed by atoms with van der Waals surface area (Å²) in [6.07, 6.45) is 0. The molecule has 4 rings (SSSR count). The number of piperazine rings is 1. The fourth-order valence-electron chi connectivity index (χ4n) is 3.66. The maximum absolute atomic E-state index is 4.27. The van der Waals surface area contributed by atoms with Gasteiger partial charge in [-0.05, 0) is 18.1 Å². The Balaban J connectivity index is 1.48. The summed E-state index contributed by atoms with van der Waals surface area (Å²) < 4.78 is 0. The monoisotopic (exact) mass is 364 g/mol. The van der Waals surface area contributed by atoms with Crippen LogP contribution >= 0.6 is 11.3 Å². The fraction of sp³-hybridized carbons (Fsp3) is 0.333. The van der Waals surface area contributed by atoms with Crippen molar-refractivity contribution >= 4 is 11.3 Å². The SMILES string of the molecule is Cc1nnc(CN2CCN(C(c3ccccc3)c3ccccc3)CC2)s1. The van der Waals surface area contributed by atoms with Crippen molar-refractivity contribution in [3.63, 3.8) is 0 Å². The van der Waals surface area contributed by atoms with E-state index in [0.717, 1.165) is 42.7 Å². The number of hydrogen-bond donors (Lipinski definition) is 0. The first-order valence-electron chi connectivity index (χ1n) is 9.15. The standard InChI is InChI=1S/C21H24N4S/c1-17-22-23-20(26-17)16-24-12-14-25(15-13-24)21(18-8-4-2-5-9-18)19-10-6-3-7-11-19/h2-11,21H,12-16H2,1H3. The normalized spacial score (nSPS) is 16.2. The molecule has 1 aliphatic heterocycles. The van der Waals surface area contributed by atoms with Crippen LogP contribution < -0.4 is 0 Å². The van der Waals surface area contributed by atoms with Crippen LogP contribution in [0.5, 0.6) is 0 Å². The Bertz CT molecular complexity index is 771. The maximum atomic E-state index is 4.27. The van der Waals surface area contributed by atoms with Crippen molar-refractivity contribution in [1.82, 2.24) is 20.0 Å². The highest BCUT2D eigenvalue weighted by molar-refractivity contribution is 7.11. The molecular formula is C21H24N4S. The van der Waals surface area contributed by atoms with E-state index in [4.69, 9.17) is 0 Å². The summed E-state index contributed by atoms with van der Waals surface area (Å²) in [4.78, 5) is 5.09. The summed E-state index contributed by atoms with van der Waals surface area (Å²) in [6, 6.07) is 22.0. The second-order valence-electron chi connectivity index (χ2n) is 6.75. The van der Waals surface area contributed by atoms with Crippen molar-refractivity contribution in [3.05, 3.63) is 81.8 Å². The second-order valence-corrected chi connectivity index (χ2v) is 8.02. The Morgan fingerprint density at radius 3 is 1.92 bits per heavy atom. The Labute approximate surface area is 159 Å². The van der Waals surface area contributed by atoms with Crippen LogP contribution in [0.4, 0.5) is 0 Å². The van der Waals surface area contributed by atoms with E-state index < -0.39 is 0 Å². The van der Waals surface area contributed by atoms with Gasteiger partial charge < -0.3 is 0 Å². The van der Waals surface area contributed by atoms with Gasteiger partial charge in [0.1, 0.15) is 10.0 Å². The third-order valence-corrected chi connectivity index (χ3v) is 5.75. The molecule has 4 nitrogen and oxygen atoms in total. The molecular weight excluding hydrogens is 340 g/mol. The molecule has 0 radical (unpaired) electrons. The van der Waals surface area contributed by atoms with Crippen molar-refractivity contribution in [2.75, 3.05) is 26.2 Å². The molecule has 2 aromatic carbocycles. The van der Waals surface area contributed by atoms with E-state index in [1.807, 2.05) is 6.92 Å². The minimum absolute atomic E-state index is 0.323. The van der Waals surface area contributed by atoms with E-state index in [1.165, 1.54) is 11.1 Å². The van der Waals surface area contributed by atoms with Crippen LogP contribution in [0.15, 0.2) is 60.7 Å². The highest BCUT2D eigenvalue weighted by Gasteiger charge is 2.26. The summed E-state index contributed by atoms with van der Waals surface area (Å²) in [5, 5.41) is 10.6. The van der Waals surface area contributed by atoms with Crippen LogP contribution in [0, 0.1) is 6.92 Å². The third kappa shape index (κ3) is 4.01. The van der Waals surface area contributed by atoms with Gasteiger partial charge in [-0.3, -0.25) is 9.80 Å². The second kappa shape index (κ2) is 8.08. The molecule has 1 fully saturated rings. The predicted octanol–water partition coefficient (Wildman–Crippen LogP) is 3.75. The molecule has 2 heterocycles. The molecule has 26 heavy (non-hydrogen) atoms. The van der Waals surface area contributed by atoms with Crippen LogP contribution in [0.25, 0.3) is 0 Å². The van der Waals surface area contributed by atoms with Gasteiger partial charge in [-0.2, -0.15) is 0 Å². The van der Waals surface area contributed by atoms with Crippen LogP contribution in [0.3, 0.4) is 0 Å². The van der Waals surface area contributed by atoms with E-state index in [9.17, 15) is 0 Å². The van der Waals surface area contributed by atoms with Crippen molar-refractivity contribution in [3.8, 4) is 0 Å². The van der Waals surface area contributed by atoms with Crippen LogP contribution in [-0.2, 0) is 6.54 Å². The molecule has 0 N–H and O–H groups in total. The molecule has 0 spiro atoms. The van der Waals surface area contributed by atoms with Crippen LogP contribution in [-0.4, -0.2) is 46.2 Å². The lowest BCUT2D eigenvalue weighted by Crippen LogP contribution is -2.47. The van der Waals surface area contributed by atoms with E-state index in [0.29, 0.717) is 6.04 Å². The van der Waals surface area contributed by atoms with Gasteiger partial charge in [0.15, 0.2) is 0 Å². The maximum Gasteiger partial charge on any atom is 0.131 e. The van der Waals surface area contributed by atoms with Crippen molar-refractivity contribution < 1.29 is 0 Å². The van der Waals surface area contributed by atoms with Gasteiger partial charge in [0.05, 0.1) is 12.6 Å². The van der Waals surface area contributed by atoms with Crippen molar-refractivity contribution in [1.29, 1.82) is 0 Å². The van der Waals surface area contributed by atoms with Gasteiger partial charge in [-0.1, -0.05) is 60.7 Å². The van der Waals surface area contributed by atoms with E-state index in [-0.39, 0.29) is 0 Å².